The van der Waals surface area contributed by atoms with Crippen LogP contribution in [0.3, 0.4) is 0 Å². The lowest BCUT2D eigenvalue weighted by atomic mass is 9.82. The van der Waals surface area contributed by atoms with E-state index < -0.39 is 27.4 Å². The average Bonchev–Trinajstić information content (AvgIpc) is 2.37. The van der Waals surface area contributed by atoms with Gasteiger partial charge in [0.15, 0.2) is 5.44 Å². The van der Waals surface area contributed by atoms with E-state index in [9.17, 15) is 18.3 Å². The Morgan fingerprint density at radius 2 is 1.89 bits per heavy atom. The quantitative estimate of drug-likeness (QED) is 0.566. The Hall–Kier alpha value is -0.660. The summed E-state index contributed by atoms with van der Waals surface area (Å²) in [7, 11) is -3.30. The van der Waals surface area contributed by atoms with Crippen LogP contribution < -0.4 is 0 Å². The normalized spacial score (nSPS) is 20.8. The molecule has 2 atom stereocenters. The molecule has 6 nitrogen and oxygen atoms in total. The minimum Gasteiger partial charge on any atom is -0.469 e. The first-order valence-electron chi connectivity index (χ1n) is 6.56. The molecule has 1 saturated carbocycles. The minimum absolute atomic E-state index is 0.317. The predicted molar refractivity (Wildman–Crippen MR) is 68.9 cm³/mol. The molecule has 0 amide bonds. The molecule has 1 aliphatic rings. The number of carbonyl (C=O) groups excluding carboxylic acids is 1. The van der Waals surface area contributed by atoms with Gasteiger partial charge in [-0.15, -0.1) is 0 Å². The highest BCUT2D eigenvalue weighted by Crippen LogP contribution is 2.31. The molecule has 0 bridgehead atoms. The van der Waals surface area contributed by atoms with E-state index in [0.29, 0.717) is 12.3 Å². The number of esters is 1. The second kappa shape index (κ2) is 7.21. The summed E-state index contributed by atoms with van der Waals surface area (Å²) in [5.41, 5.74) is -1.93. The summed E-state index contributed by atoms with van der Waals surface area (Å²) in [4.78, 5) is 11.6. The van der Waals surface area contributed by atoms with Crippen LogP contribution in [0.1, 0.15) is 44.9 Å². The highest BCUT2D eigenvalue weighted by molar-refractivity contribution is 7.86. The van der Waals surface area contributed by atoms with Crippen molar-refractivity contribution < 1.29 is 27.6 Å². The van der Waals surface area contributed by atoms with Crippen LogP contribution in [0.25, 0.3) is 0 Å². The van der Waals surface area contributed by atoms with Crippen LogP contribution in [0.15, 0.2) is 0 Å². The summed E-state index contributed by atoms with van der Waals surface area (Å²) >= 11 is 0. The molecule has 2 N–H and O–H groups in total. The maximum atomic E-state index is 11.6. The van der Waals surface area contributed by atoms with Crippen molar-refractivity contribution in [2.75, 3.05) is 7.11 Å². The monoisotopic (exact) mass is 294 g/mol. The van der Waals surface area contributed by atoms with Crippen molar-refractivity contribution in [3.63, 3.8) is 0 Å². The molecular formula is C12H22O6S. The van der Waals surface area contributed by atoms with E-state index in [2.05, 4.69) is 4.74 Å². The van der Waals surface area contributed by atoms with Gasteiger partial charge in [-0.3, -0.25) is 9.35 Å². The standard InChI is InChI=1S/C12H22O6S/c1-18-12(14)10(8-11(13)19(15,16)17)7-9-5-3-2-4-6-9/h9-11,13H,2-8H2,1H3,(H,15,16,17). The summed E-state index contributed by atoms with van der Waals surface area (Å²) < 4.78 is 35.1. The molecule has 1 aliphatic carbocycles. The van der Waals surface area contributed by atoms with Crippen molar-refractivity contribution in [1.29, 1.82) is 0 Å². The van der Waals surface area contributed by atoms with E-state index in [-0.39, 0.29) is 6.42 Å². The number of hydrogen-bond donors (Lipinski definition) is 2. The largest absolute Gasteiger partial charge is 0.469 e. The van der Waals surface area contributed by atoms with Gasteiger partial charge in [-0.2, -0.15) is 8.42 Å². The first-order valence-corrected chi connectivity index (χ1v) is 8.07. The van der Waals surface area contributed by atoms with Gasteiger partial charge in [0, 0.05) is 6.42 Å². The number of carbonyl (C=O) groups is 1. The molecule has 1 fully saturated rings. The number of ether oxygens (including phenoxy) is 1. The first-order chi connectivity index (χ1) is 8.84. The van der Waals surface area contributed by atoms with E-state index in [1.165, 1.54) is 13.5 Å². The van der Waals surface area contributed by atoms with Crippen LogP contribution in [-0.2, 0) is 19.6 Å². The Bertz CT molecular complexity index is 385. The molecule has 0 aromatic rings. The van der Waals surface area contributed by atoms with Crippen LogP contribution in [0.5, 0.6) is 0 Å². The molecule has 0 heterocycles. The molecule has 2 unspecified atom stereocenters. The van der Waals surface area contributed by atoms with Gasteiger partial charge in [0.1, 0.15) is 0 Å². The third-order valence-corrected chi connectivity index (χ3v) is 4.59. The lowest BCUT2D eigenvalue weighted by Crippen LogP contribution is -2.29. The lowest BCUT2D eigenvalue weighted by molar-refractivity contribution is -0.147. The third-order valence-electron chi connectivity index (χ3n) is 3.71. The van der Waals surface area contributed by atoms with Crippen molar-refractivity contribution in [2.24, 2.45) is 11.8 Å². The third kappa shape index (κ3) is 5.46. The molecule has 19 heavy (non-hydrogen) atoms. The van der Waals surface area contributed by atoms with Gasteiger partial charge in [0.25, 0.3) is 10.1 Å². The van der Waals surface area contributed by atoms with Gasteiger partial charge in [-0.05, 0) is 12.3 Å². The van der Waals surface area contributed by atoms with Crippen LogP contribution in [0.4, 0.5) is 0 Å². The Balaban J connectivity index is 2.63. The number of methoxy groups -OCH3 is 1. The topological polar surface area (TPSA) is 101 Å². The van der Waals surface area contributed by atoms with E-state index in [1.54, 1.807) is 0 Å². The summed E-state index contributed by atoms with van der Waals surface area (Å²) in [6, 6.07) is 0. The Morgan fingerprint density at radius 3 is 2.37 bits per heavy atom. The molecule has 0 aliphatic heterocycles. The Kier molecular flexibility index (Phi) is 6.22. The Labute approximate surface area is 113 Å². The van der Waals surface area contributed by atoms with Crippen LogP contribution >= 0.6 is 0 Å². The molecule has 112 valence electrons. The number of rotatable bonds is 6. The number of aliphatic hydroxyl groups is 1. The summed E-state index contributed by atoms with van der Waals surface area (Å²) in [6.45, 7) is 0. The van der Waals surface area contributed by atoms with Crippen molar-refractivity contribution in [1.82, 2.24) is 0 Å². The fourth-order valence-electron chi connectivity index (χ4n) is 2.65. The van der Waals surface area contributed by atoms with Gasteiger partial charge in [0.05, 0.1) is 13.0 Å². The van der Waals surface area contributed by atoms with Crippen LogP contribution in [0, 0.1) is 11.8 Å². The number of hydrogen-bond acceptors (Lipinski definition) is 5. The molecule has 1 rings (SSSR count). The van der Waals surface area contributed by atoms with Gasteiger partial charge in [-0.25, -0.2) is 0 Å². The maximum absolute atomic E-state index is 11.6. The van der Waals surface area contributed by atoms with E-state index in [0.717, 1.165) is 25.7 Å². The minimum atomic E-state index is -4.53. The van der Waals surface area contributed by atoms with Crippen molar-refractivity contribution in [3.8, 4) is 0 Å². The van der Waals surface area contributed by atoms with Crippen LogP contribution in [-0.4, -0.2) is 36.6 Å². The summed E-state index contributed by atoms with van der Waals surface area (Å²) in [5.74, 6) is -0.871. The van der Waals surface area contributed by atoms with Gasteiger partial charge >= 0.3 is 5.97 Å². The molecule has 7 heteroatoms. The van der Waals surface area contributed by atoms with Crippen molar-refractivity contribution >= 4 is 16.1 Å². The second-order valence-corrected chi connectivity index (χ2v) is 6.74. The highest BCUT2D eigenvalue weighted by Gasteiger charge is 2.31. The zero-order valence-corrected chi connectivity index (χ0v) is 11.9. The molecule has 0 radical (unpaired) electrons. The zero-order valence-electron chi connectivity index (χ0n) is 11.1. The van der Waals surface area contributed by atoms with Crippen molar-refractivity contribution in [3.05, 3.63) is 0 Å². The smallest absolute Gasteiger partial charge is 0.308 e. The van der Waals surface area contributed by atoms with Crippen LogP contribution in [0.2, 0.25) is 0 Å². The average molecular weight is 294 g/mol. The molecule has 0 aromatic carbocycles. The van der Waals surface area contributed by atoms with E-state index in [4.69, 9.17) is 4.55 Å². The predicted octanol–water partition coefficient (Wildman–Crippen LogP) is 1.34. The van der Waals surface area contributed by atoms with E-state index >= 15 is 0 Å². The molecular weight excluding hydrogens is 272 g/mol. The summed E-state index contributed by atoms with van der Waals surface area (Å²) in [6.07, 6.45) is 5.61. The molecule has 0 aromatic heterocycles. The lowest BCUT2D eigenvalue weighted by Gasteiger charge is -2.25. The van der Waals surface area contributed by atoms with E-state index in [1.807, 2.05) is 0 Å². The zero-order chi connectivity index (χ0) is 14.5. The molecule has 0 spiro atoms. The SMILES string of the molecule is COC(=O)C(CC1CCCCC1)CC(O)S(=O)(=O)O. The van der Waals surface area contributed by atoms with Gasteiger partial charge < -0.3 is 9.84 Å². The second-order valence-electron chi connectivity index (χ2n) is 5.17. The fourth-order valence-corrected chi connectivity index (χ4v) is 3.12. The molecule has 0 saturated heterocycles. The fraction of sp³-hybridized carbons (Fsp3) is 0.917. The van der Waals surface area contributed by atoms with Gasteiger partial charge in [-0.1, -0.05) is 32.1 Å². The van der Waals surface area contributed by atoms with Gasteiger partial charge in [0.2, 0.25) is 0 Å². The van der Waals surface area contributed by atoms with Crippen molar-refractivity contribution in [2.45, 2.75) is 50.4 Å². The maximum Gasteiger partial charge on any atom is 0.308 e. The Morgan fingerprint density at radius 1 is 1.32 bits per heavy atom. The first kappa shape index (κ1) is 16.4. The summed E-state index contributed by atoms with van der Waals surface area (Å²) in [5, 5.41) is 9.38. The highest BCUT2D eigenvalue weighted by atomic mass is 32.2. The number of aliphatic hydroxyl groups excluding tert-OH is 1.